The van der Waals surface area contributed by atoms with Gasteiger partial charge in [0.05, 0.1) is 17.6 Å². The molecule has 9 nitrogen and oxygen atoms in total. The number of hydrogen-bond acceptors (Lipinski definition) is 8. The maximum atomic E-state index is 11.0. The summed E-state index contributed by atoms with van der Waals surface area (Å²) in [5.41, 5.74) is 8.25. The van der Waals surface area contributed by atoms with E-state index >= 15 is 0 Å². The maximum Gasteiger partial charge on any atom is 0.229 e. The first kappa shape index (κ1) is 21.5. The van der Waals surface area contributed by atoms with Crippen LogP contribution in [0, 0.1) is 0 Å². The number of nitrogens with two attached hydrogens (primary N) is 1. The number of carbonyl (C=O) groups excluding carboxylic acids is 1. The molecule has 4 N–H and O–H groups in total. The number of rotatable bonds is 10. The number of aromatic nitrogens is 3. The van der Waals surface area contributed by atoms with Gasteiger partial charge in [-0.1, -0.05) is 0 Å². The number of primary amides is 1. The van der Waals surface area contributed by atoms with Crippen molar-refractivity contribution in [3.8, 4) is 0 Å². The molecule has 1 aliphatic carbocycles. The molecule has 1 aliphatic heterocycles. The quantitative estimate of drug-likeness (QED) is 0.530. The van der Waals surface area contributed by atoms with Gasteiger partial charge in [0, 0.05) is 50.4 Å². The summed E-state index contributed by atoms with van der Waals surface area (Å²) in [6.45, 7) is 3.52. The molecule has 1 saturated heterocycles. The lowest BCUT2D eigenvalue weighted by Gasteiger charge is -2.20. The molecule has 0 bridgehead atoms. The largest absolute Gasteiger partial charge is 0.370 e. The number of nitrogens with zero attached hydrogens (tertiary/aromatic N) is 5. The van der Waals surface area contributed by atoms with E-state index in [0.29, 0.717) is 24.5 Å². The van der Waals surface area contributed by atoms with Gasteiger partial charge in [0.15, 0.2) is 0 Å². The molecule has 2 fully saturated rings. The Kier molecular flexibility index (Phi) is 6.62. The van der Waals surface area contributed by atoms with Crippen molar-refractivity contribution in [1.29, 1.82) is 0 Å². The van der Waals surface area contributed by atoms with Crippen molar-refractivity contribution >= 4 is 23.4 Å². The normalized spacial score (nSPS) is 19.0. The van der Waals surface area contributed by atoms with Gasteiger partial charge < -0.3 is 21.3 Å². The number of amides is 1. The van der Waals surface area contributed by atoms with E-state index in [2.05, 4.69) is 55.5 Å². The first-order valence-electron chi connectivity index (χ1n) is 11.0. The van der Waals surface area contributed by atoms with Crippen LogP contribution in [-0.4, -0.2) is 70.4 Å². The minimum atomic E-state index is -0.329. The van der Waals surface area contributed by atoms with Crippen LogP contribution in [0.1, 0.15) is 42.9 Å². The van der Waals surface area contributed by atoms with E-state index in [1.54, 1.807) is 0 Å². The van der Waals surface area contributed by atoms with Crippen molar-refractivity contribution in [1.82, 2.24) is 24.8 Å². The van der Waals surface area contributed by atoms with Gasteiger partial charge in [0.1, 0.15) is 5.82 Å². The first-order chi connectivity index (χ1) is 15.0. The Morgan fingerprint density at radius 1 is 1.23 bits per heavy atom. The first-order valence-corrected chi connectivity index (χ1v) is 11.0. The van der Waals surface area contributed by atoms with Crippen molar-refractivity contribution in [2.45, 2.75) is 44.2 Å². The van der Waals surface area contributed by atoms with Gasteiger partial charge >= 0.3 is 0 Å². The summed E-state index contributed by atoms with van der Waals surface area (Å²) >= 11 is 0. The van der Waals surface area contributed by atoms with E-state index < -0.39 is 0 Å². The third kappa shape index (κ3) is 5.89. The Bertz CT molecular complexity index is 897. The predicted octanol–water partition coefficient (Wildman–Crippen LogP) is 1.92. The summed E-state index contributed by atoms with van der Waals surface area (Å²) in [6, 6.07) is 4.69. The fraction of sp³-hybridized carbons (Fsp3) is 0.545. The number of likely N-dealkylation sites (N-methyl/N-ethyl adjacent to an activating group) is 1. The molecule has 2 aromatic heterocycles. The molecular formula is C22H32N8O. The van der Waals surface area contributed by atoms with Crippen molar-refractivity contribution < 1.29 is 4.79 Å². The fourth-order valence-electron chi connectivity index (χ4n) is 3.92. The van der Waals surface area contributed by atoms with Gasteiger partial charge in [-0.15, -0.1) is 0 Å². The molecule has 1 atom stereocenters. The second-order valence-corrected chi connectivity index (χ2v) is 8.72. The van der Waals surface area contributed by atoms with Crippen LogP contribution >= 0.6 is 0 Å². The lowest BCUT2D eigenvalue weighted by molar-refractivity contribution is -0.117. The van der Waals surface area contributed by atoms with Crippen molar-refractivity contribution in [3.05, 3.63) is 35.8 Å². The zero-order valence-electron chi connectivity index (χ0n) is 18.3. The lowest BCUT2D eigenvalue weighted by atomic mass is 10.2. The minimum Gasteiger partial charge on any atom is -0.370 e. The molecule has 3 heterocycles. The third-order valence-electron chi connectivity index (χ3n) is 5.94. The average Bonchev–Trinajstić information content (AvgIpc) is 3.47. The smallest absolute Gasteiger partial charge is 0.229 e. The molecule has 9 heteroatoms. The molecule has 2 aliphatic rings. The zero-order chi connectivity index (χ0) is 21.8. The predicted molar refractivity (Wildman–Crippen MR) is 121 cm³/mol. The maximum absolute atomic E-state index is 11.0. The van der Waals surface area contributed by atoms with E-state index in [-0.39, 0.29) is 12.3 Å². The molecule has 0 radical (unpaired) electrons. The van der Waals surface area contributed by atoms with Gasteiger partial charge in [-0.25, -0.2) is 4.98 Å². The van der Waals surface area contributed by atoms with Gasteiger partial charge in [-0.2, -0.15) is 4.98 Å². The summed E-state index contributed by atoms with van der Waals surface area (Å²) in [5.74, 6) is 1.46. The molecule has 31 heavy (non-hydrogen) atoms. The summed E-state index contributed by atoms with van der Waals surface area (Å²) in [7, 11) is 4.29. The van der Waals surface area contributed by atoms with E-state index in [0.717, 1.165) is 55.2 Å². The molecular weight excluding hydrogens is 392 g/mol. The van der Waals surface area contributed by atoms with Crippen LogP contribution < -0.4 is 16.4 Å². The SMILES string of the molecule is CN(C)[C@H]1CCN(Cc2ccc(Nc3ncc(C4CC4)c(NCCC(N)=O)n3)cn2)C1. The number of anilines is 3. The van der Waals surface area contributed by atoms with Crippen LogP contribution in [0.2, 0.25) is 0 Å². The Labute approximate surface area is 183 Å². The molecule has 1 amide bonds. The summed E-state index contributed by atoms with van der Waals surface area (Å²) in [5, 5.41) is 6.47. The summed E-state index contributed by atoms with van der Waals surface area (Å²) in [6.07, 6.45) is 7.48. The number of hydrogen-bond donors (Lipinski definition) is 3. The van der Waals surface area contributed by atoms with Gasteiger partial charge in [-0.05, 0) is 51.4 Å². The zero-order valence-corrected chi connectivity index (χ0v) is 18.3. The number of carbonyl (C=O) groups is 1. The van der Waals surface area contributed by atoms with Crippen molar-refractivity contribution in [2.24, 2.45) is 5.73 Å². The number of likely N-dealkylation sites (tertiary alicyclic amines) is 1. The Morgan fingerprint density at radius 2 is 2.06 bits per heavy atom. The van der Waals surface area contributed by atoms with Gasteiger partial charge in [0.25, 0.3) is 0 Å². The summed E-state index contributed by atoms with van der Waals surface area (Å²) in [4.78, 5) is 29.5. The highest BCUT2D eigenvalue weighted by Gasteiger charge is 2.28. The van der Waals surface area contributed by atoms with E-state index in [1.165, 1.54) is 6.42 Å². The standard InChI is InChI=1S/C22H32N8O/c1-29(2)18-8-10-30(14-18)13-17-6-5-16(11-25-17)27-22-26-12-19(15-3-4-15)21(28-22)24-9-7-20(23)31/h5-6,11-12,15,18H,3-4,7-10,13-14H2,1-2H3,(H2,23,31)(H2,24,26,27,28)/t18-/m0/s1. The number of pyridine rings is 1. The van der Waals surface area contributed by atoms with Crippen LogP contribution in [0.15, 0.2) is 24.5 Å². The topological polar surface area (TPSA) is 112 Å². The van der Waals surface area contributed by atoms with Crippen LogP contribution in [0.3, 0.4) is 0 Å². The Morgan fingerprint density at radius 3 is 2.71 bits per heavy atom. The molecule has 166 valence electrons. The molecule has 0 unspecified atom stereocenters. The monoisotopic (exact) mass is 424 g/mol. The molecule has 2 aromatic rings. The Balaban J connectivity index is 1.36. The lowest BCUT2D eigenvalue weighted by Crippen LogP contribution is -2.31. The van der Waals surface area contributed by atoms with Gasteiger partial charge in [-0.3, -0.25) is 14.7 Å². The highest BCUT2D eigenvalue weighted by Crippen LogP contribution is 2.42. The van der Waals surface area contributed by atoms with Crippen molar-refractivity contribution in [2.75, 3.05) is 44.4 Å². The van der Waals surface area contributed by atoms with Crippen LogP contribution in [-0.2, 0) is 11.3 Å². The summed E-state index contributed by atoms with van der Waals surface area (Å²) < 4.78 is 0. The van der Waals surface area contributed by atoms with Crippen LogP contribution in [0.25, 0.3) is 0 Å². The average molecular weight is 425 g/mol. The molecule has 4 rings (SSSR count). The minimum absolute atomic E-state index is 0.272. The van der Waals surface area contributed by atoms with E-state index in [4.69, 9.17) is 5.73 Å². The highest BCUT2D eigenvalue weighted by atomic mass is 16.1. The van der Waals surface area contributed by atoms with Gasteiger partial charge in [0.2, 0.25) is 11.9 Å². The van der Waals surface area contributed by atoms with Crippen LogP contribution in [0.5, 0.6) is 0 Å². The molecule has 1 saturated carbocycles. The fourth-order valence-corrected chi connectivity index (χ4v) is 3.92. The highest BCUT2D eigenvalue weighted by molar-refractivity contribution is 5.74. The third-order valence-corrected chi connectivity index (χ3v) is 5.94. The van der Waals surface area contributed by atoms with Crippen molar-refractivity contribution in [3.63, 3.8) is 0 Å². The second kappa shape index (κ2) is 9.57. The van der Waals surface area contributed by atoms with E-state index in [1.807, 2.05) is 18.5 Å². The van der Waals surface area contributed by atoms with E-state index in [9.17, 15) is 4.79 Å². The Hall–Kier alpha value is -2.78. The second-order valence-electron chi connectivity index (χ2n) is 8.72. The van der Waals surface area contributed by atoms with Crippen LogP contribution in [0.4, 0.5) is 17.5 Å². The molecule has 0 aromatic carbocycles. The molecule has 0 spiro atoms. The number of nitrogens with one attached hydrogen (secondary N) is 2.